The number of carbonyl (C=O) groups is 2. The molecule has 0 amide bonds. The van der Waals surface area contributed by atoms with Gasteiger partial charge in [0.2, 0.25) is 0 Å². The number of ether oxygens (including phenoxy) is 1. The molecule has 0 atom stereocenters. The standard InChI is InChI=1S/C17H18N2O6/c1-25-16(22)10-9-13(17-14(20)3-2-4-15(17)21)18-11-5-7-12(8-6-11)19(23)24/h5-8,20H,2-4,9-10H2,1H3. The topological polar surface area (TPSA) is 119 Å². The molecule has 0 saturated heterocycles. The molecule has 1 N–H and O–H groups in total. The Morgan fingerprint density at radius 2 is 1.96 bits per heavy atom. The summed E-state index contributed by atoms with van der Waals surface area (Å²) >= 11 is 0. The first-order chi connectivity index (χ1) is 11.9. The van der Waals surface area contributed by atoms with Crippen LogP contribution in [0.2, 0.25) is 0 Å². The van der Waals surface area contributed by atoms with Gasteiger partial charge in [-0.2, -0.15) is 0 Å². The van der Waals surface area contributed by atoms with E-state index < -0.39 is 10.9 Å². The zero-order valence-electron chi connectivity index (χ0n) is 13.7. The lowest BCUT2D eigenvalue weighted by molar-refractivity contribution is -0.384. The van der Waals surface area contributed by atoms with Crippen LogP contribution in [-0.2, 0) is 14.3 Å². The summed E-state index contributed by atoms with van der Waals surface area (Å²) in [5.74, 6) is -0.726. The molecule has 2 rings (SSSR count). The van der Waals surface area contributed by atoms with E-state index in [2.05, 4.69) is 9.73 Å². The van der Waals surface area contributed by atoms with Crippen LogP contribution in [0, 0.1) is 10.1 Å². The van der Waals surface area contributed by atoms with Gasteiger partial charge < -0.3 is 9.84 Å². The van der Waals surface area contributed by atoms with E-state index in [0.717, 1.165) is 0 Å². The summed E-state index contributed by atoms with van der Waals surface area (Å²) in [4.78, 5) is 38.1. The minimum atomic E-state index is -0.523. The molecule has 0 heterocycles. The Labute approximate surface area is 144 Å². The molecule has 8 nitrogen and oxygen atoms in total. The molecule has 0 unspecified atom stereocenters. The normalized spacial score (nSPS) is 15.2. The number of aliphatic hydroxyl groups is 1. The van der Waals surface area contributed by atoms with Crippen LogP contribution in [0.3, 0.4) is 0 Å². The summed E-state index contributed by atoms with van der Waals surface area (Å²) in [5.41, 5.74) is 0.727. The Morgan fingerprint density at radius 1 is 1.28 bits per heavy atom. The quantitative estimate of drug-likeness (QED) is 0.366. The molecule has 1 aromatic rings. The summed E-state index contributed by atoms with van der Waals surface area (Å²) in [6.45, 7) is 0. The fraction of sp³-hybridized carbons (Fsp3) is 0.353. The molecule has 8 heteroatoms. The van der Waals surface area contributed by atoms with Crippen molar-refractivity contribution in [3.8, 4) is 0 Å². The highest BCUT2D eigenvalue weighted by Gasteiger charge is 2.25. The van der Waals surface area contributed by atoms with Gasteiger partial charge in [-0.25, -0.2) is 0 Å². The van der Waals surface area contributed by atoms with Gasteiger partial charge in [0.15, 0.2) is 5.78 Å². The number of esters is 1. The molecule has 1 aliphatic carbocycles. The number of benzene rings is 1. The van der Waals surface area contributed by atoms with Gasteiger partial charge in [-0.05, 0) is 18.6 Å². The van der Waals surface area contributed by atoms with Gasteiger partial charge >= 0.3 is 5.97 Å². The van der Waals surface area contributed by atoms with Gasteiger partial charge in [0.05, 0.1) is 35.4 Å². The number of methoxy groups -OCH3 is 1. The second kappa shape index (κ2) is 8.18. The molecular formula is C17H18N2O6. The highest BCUT2D eigenvalue weighted by molar-refractivity contribution is 6.23. The lowest BCUT2D eigenvalue weighted by atomic mass is 9.91. The van der Waals surface area contributed by atoms with E-state index >= 15 is 0 Å². The fourth-order valence-electron chi connectivity index (χ4n) is 2.52. The minimum Gasteiger partial charge on any atom is -0.511 e. The molecule has 0 spiro atoms. The maximum absolute atomic E-state index is 12.2. The Balaban J connectivity index is 2.37. The number of allylic oxidation sites excluding steroid dienone is 2. The number of carbonyl (C=O) groups excluding carboxylic acids is 2. The summed E-state index contributed by atoms with van der Waals surface area (Å²) in [5, 5.41) is 20.8. The van der Waals surface area contributed by atoms with Crippen molar-refractivity contribution >= 4 is 28.8 Å². The number of aliphatic hydroxyl groups excluding tert-OH is 1. The first-order valence-electron chi connectivity index (χ1n) is 7.77. The molecule has 1 aromatic carbocycles. The van der Waals surface area contributed by atoms with E-state index in [4.69, 9.17) is 0 Å². The largest absolute Gasteiger partial charge is 0.511 e. The van der Waals surface area contributed by atoms with Crippen molar-refractivity contribution in [3.05, 3.63) is 45.7 Å². The van der Waals surface area contributed by atoms with Gasteiger partial charge in [0, 0.05) is 31.4 Å². The predicted octanol–water partition coefficient (Wildman–Crippen LogP) is 3.19. The van der Waals surface area contributed by atoms with Crippen molar-refractivity contribution < 1.29 is 24.4 Å². The molecule has 0 aliphatic heterocycles. The highest BCUT2D eigenvalue weighted by Crippen LogP contribution is 2.26. The van der Waals surface area contributed by atoms with Crippen LogP contribution < -0.4 is 0 Å². The second-order valence-electron chi connectivity index (χ2n) is 5.51. The smallest absolute Gasteiger partial charge is 0.305 e. The lowest BCUT2D eigenvalue weighted by Crippen LogP contribution is -2.20. The Hall–Kier alpha value is -3.03. The number of Topliss-reactive ketones (excluding diaryl/α,β-unsaturated/α-hetero) is 1. The van der Waals surface area contributed by atoms with Crippen molar-refractivity contribution in [3.63, 3.8) is 0 Å². The van der Waals surface area contributed by atoms with Crippen molar-refractivity contribution in [2.45, 2.75) is 32.1 Å². The highest BCUT2D eigenvalue weighted by atomic mass is 16.6. The average molecular weight is 346 g/mol. The second-order valence-corrected chi connectivity index (χ2v) is 5.51. The Bertz CT molecular complexity index is 749. The number of nitrogens with zero attached hydrogens (tertiary/aromatic N) is 2. The molecule has 1 aliphatic rings. The van der Waals surface area contributed by atoms with E-state index in [9.17, 15) is 24.8 Å². The van der Waals surface area contributed by atoms with Crippen molar-refractivity contribution in [1.29, 1.82) is 0 Å². The van der Waals surface area contributed by atoms with Crippen molar-refractivity contribution in [2.24, 2.45) is 4.99 Å². The SMILES string of the molecule is COC(=O)CCC(=Nc1ccc([N+](=O)[O-])cc1)C1=C(O)CCCC1=O. The summed E-state index contributed by atoms with van der Waals surface area (Å²) in [6.07, 6.45) is 1.37. The van der Waals surface area contributed by atoms with E-state index in [1.54, 1.807) is 0 Å². The van der Waals surface area contributed by atoms with E-state index in [-0.39, 0.29) is 41.4 Å². The van der Waals surface area contributed by atoms with Crippen LogP contribution in [0.25, 0.3) is 0 Å². The third kappa shape index (κ3) is 4.72. The van der Waals surface area contributed by atoms with E-state index in [1.165, 1.54) is 31.4 Å². The molecule has 25 heavy (non-hydrogen) atoms. The number of nitro groups is 1. The number of aliphatic imine (C=N–C) groups is 1. The Kier molecular flexibility index (Phi) is 5.99. The lowest BCUT2D eigenvalue weighted by Gasteiger charge is -2.17. The van der Waals surface area contributed by atoms with Gasteiger partial charge in [-0.1, -0.05) is 0 Å². The van der Waals surface area contributed by atoms with E-state index in [0.29, 0.717) is 24.9 Å². The summed E-state index contributed by atoms with van der Waals surface area (Å²) in [7, 11) is 1.26. The van der Waals surface area contributed by atoms with Crippen LogP contribution in [0.5, 0.6) is 0 Å². The number of non-ortho nitro benzene ring substituents is 1. The van der Waals surface area contributed by atoms with Crippen molar-refractivity contribution in [1.82, 2.24) is 0 Å². The monoisotopic (exact) mass is 346 g/mol. The summed E-state index contributed by atoms with van der Waals surface area (Å²) in [6, 6.07) is 5.49. The molecule has 0 fully saturated rings. The molecule has 0 radical (unpaired) electrons. The third-order valence-corrected chi connectivity index (χ3v) is 3.79. The van der Waals surface area contributed by atoms with Crippen LogP contribution in [0.1, 0.15) is 32.1 Å². The van der Waals surface area contributed by atoms with Gasteiger partial charge in [0.1, 0.15) is 5.76 Å². The zero-order valence-corrected chi connectivity index (χ0v) is 13.7. The zero-order chi connectivity index (χ0) is 18.4. The number of nitro benzene ring substituents is 1. The molecular weight excluding hydrogens is 328 g/mol. The van der Waals surface area contributed by atoms with Gasteiger partial charge in [-0.15, -0.1) is 0 Å². The van der Waals surface area contributed by atoms with E-state index in [1.807, 2.05) is 0 Å². The van der Waals surface area contributed by atoms with Crippen LogP contribution in [0.4, 0.5) is 11.4 Å². The number of hydrogen-bond acceptors (Lipinski definition) is 7. The maximum Gasteiger partial charge on any atom is 0.305 e. The first kappa shape index (κ1) is 18.3. The molecule has 0 saturated carbocycles. The summed E-state index contributed by atoms with van der Waals surface area (Å²) < 4.78 is 4.60. The third-order valence-electron chi connectivity index (χ3n) is 3.79. The maximum atomic E-state index is 12.2. The first-order valence-corrected chi connectivity index (χ1v) is 7.77. The van der Waals surface area contributed by atoms with Gasteiger partial charge in [0.25, 0.3) is 5.69 Å². The van der Waals surface area contributed by atoms with Crippen LogP contribution in [0.15, 0.2) is 40.6 Å². The number of ketones is 1. The fourth-order valence-corrected chi connectivity index (χ4v) is 2.52. The van der Waals surface area contributed by atoms with Crippen molar-refractivity contribution in [2.75, 3.05) is 7.11 Å². The number of hydrogen-bond donors (Lipinski definition) is 1. The minimum absolute atomic E-state index is 0.00632. The molecule has 0 bridgehead atoms. The van der Waals surface area contributed by atoms with Gasteiger partial charge in [-0.3, -0.25) is 24.7 Å². The van der Waals surface area contributed by atoms with Crippen LogP contribution in [-0.4, -0.2) is 34.6 Å². The predicted molar refractivity (Wildman–Crippen MR) is 90.0 cm³/mol. The van der Waals surface area contributed by atoms with Crippen LogP contribution >= 0.6 is 0 Å². The number of rotatable bonds is 6. The molecule has 132 valence electrons. The average Bonchev–Trinajstić information content (AvgIpc) is 2.59. The Morgan fingerprint density at radius 3 is 2.52 bits per heavy atom. The molecule has 0 aromatic heterocycles.